The number of rotatable bonds is 3. The van der Waals surface area contributed by atoms with Crippen LogP contribution in [0, 0.1) is 0 Å². The van der Waals surface area contributed by atoms with Crippen molar-refractivity contribution in [3.8, 4) is 0 Å². The Balaban J connectivity index is 1.54. The van der Waals surface area contributed by atoms with Gasteiger partial charge in [0, 0.05) is 12.1 Å². The maximum Gasteiger partial charge on any atom is 0.251 e. The van der Waals surface area contributed by atoms with Gasteiger partial charge in [-0.1, -0.05) is 0 Å². The lowest BCUT2D eigenvalue weighted by molar-refractivity contribution is -0.117. The minimum atomic E-state index is -0.193. The van der Waals surface area contributed by atoms with Crippen molar-refractivity contribution >= 4 is 23.2 Å². The van der Waals surface area contributed by atoms with Crippen molar-refractivity contribution in [2.75, 3.05) is 16.8 Å². The van der Waals surface area contributed by atoms with Gasteiger partial charge in [-0.2, -0.15) is 0 Å². The Labute approximate surface area is 133 Å². The molecule has 2 N–H and O–H groups in total. The van der Waals surface area contributed by atoms with Gasteiger partial charge < -0.3 is 20.0 Å². The molecule has 118 valence electrons. The molecule has 2 amide bonds. The Morgan fingerprint density at radius 1 is 1.39 bits per heavy atom. The second-order valence-corrected chi connectivity index (χ2v) is 5.83. The number of hydrogen-bond donors (Lipinski definition) is 2. The molecule has 2 aliphatic rings. The summed E-state index contributed by atoms with van der Waals surface area (Å²) in [5, 5.41) is 5.72. The second kappa shape index (κ2) is 5.46. The van der Waals surface area contributed by atoms with Crippen LogP contribution in [0.5, 0.6) is 0 Å². The van der Waals surface area contributed by atoms with E-state index in [1.54, 1.807) is 30.5 Å². The first-order chi connectivity index (χ1) is 11.2. The number of furan rings is 1. The number of fused-ring (bicyclic) bond motifs is 3. The Kier molecular flexibility index (Phi) is 3.29. The molecule has 1 aromatic heterocycles. The third kappa shape index (κ3) is 2.46. The van der Waals surface area contributed by atoms with Crippen molar-refractivity contribution < 1.29 is 14.0 Å². The summed E-state index contributed by atoms with van der Waals surface area (Å²) in [7, 11) is 0. The van der Waals surface area contributed by atoms with E-state index in [-0.39, 0.29) is 17.9 Å². The van der Waals surface area contributed by atoms with E-state index in [9.17, 15) is 9.59 Å². The number of nitrogens with zero attached hydrogens (tertiary/aromatic N) is 1. The van der Waals surface area contributed by atoms with Gasteiger partial charge in [0.1, 0.15) is 11.8 Å². The first-order valence-corrected chi connectivity index (χ1v) is 7.74. The molecule has 2 aliphatic heterocycles. The summed E-state index contributed by atoms with van der Waals surface area (Å²) < 4.78 is 5.19. The van der Waals surface area contributed by atoms with Crippen LogP contribution in [-0.4, -0.2) is 24.4 Å². The molecule has 1 fully saturated rings. The van der Waals surface area contributed by atoms with Gasteiger partial charge in [-0.05, 0) is 43.2 Å². The third-order valence-electron chi connectivity index (χ3n) is 4.38. The monoisotopic (exact) mass is 311 g/mol. The Hall–Kier alpha value is -2.76. The van der Waals surface area contributed by atoms with Crippen LogP contribution in [-0.2, 0) is 11.3 Å². The summed E-state index contributed by atoms with van der Waals surface area (Å²) in [5.41, 5.74) is 2.22. The molecule has 1 atom stereocenters. The van der Waals surface area contributed by atoms with Crippen LogP contribution in [0.1, 0.15) is 29.0 Å². The lowest BCUT2D eigenvalue weighted by atomic mass is 10.1. The maximum absolute atomic E-state index is 12.3. The number of amides is 2. The maximum atomic E-state index is 12.3. The first-order valence-electron chi connectivity index (χ1n) is 7.74. The first kappa shape index (κ1) is 13.9. The molecule has 3 heterocycles. The van der Waals surface area contributed by atoms with Crippen molar-refractivity contribution in [1.82, 2.24) is 5.32 Å². The summed E-state index contributed by atoms with van der Waals surface area (Å²) in [4.78, 5) is 26.5. The molecule has 0 spiro atoms. The Bertz CT molecular complexity index is 754. The van der Waals surface area contributed by atoms with Crippen LogP contribution in [0.15, 0.2) is 41.0 Å². The zero-order valence-corrected chi connectivity index (χ0v) is 12.5. The third-order valence-corrected chi connectivity index (χ3v) is 4.38. The normalized spacial score (nSPS) is 19.0. The van der Waals surface area contributed by atoms with Gasteiger partial charge in [-0.25, -0.2) is 0 Å². The molecule has 0 radical (unpaired) electrons. The highest BCUT2D eigenvalue weighted by Crippen LogP contribution is 2.37. The van der Waals surface area contributed by atoms with Crippen molar-refractivity contribution in [3.63, 3.8) is 0 Å². The van der Waals surface area contributed by atoms with Gasteiger partial charge >= 0.3 is 0 Å². The molecule has 0 aliphatic carbocycles. The molecule has 1 aromatic carbocycles. The standard InChI is InChI=1S/C17H17N3O3/c21-16(18-10-12-3-2-8-23-12)11-5-6-14-13(9-11)19-17(22)15-4-1-7-20(14)15/h2-3,5-6,8-9,15H,1,4,7,10H2,(H,18,21)(H,19,22). The smallest absolute Gasteiger partial charge is 0.251 e. The molecular weight excluding hydrogens is 294 g/mol. The van der Waals surface area contributed by atoms with E-state index in [0.29, 0.717) is 23.6 Å². The van der Waals surface area contributed by atoms with E-state index >= 15 is 0 Å². The fraction of sp³-hybridized carbons (Fsp3) is 0.294. The topological polar surface area (TPSA) is 74.6 Å². The number of carbonyl (C=O) groups is 2. The molecule has 23 heavy (non-hydrogen) atoms. The summed E-state index contributed by atoms with van der Waals surface area (Å²) in [6.07, 6.45) is 3.47. The Morgan fingerprint density at radius 2 is 2.30 bits per heavy atom. The van der Waals surface area contributed by atoms with E-state index in [0.717, 1.165) is 25.1 Å². The van der Waals surface area contributed by atoms with Crippen molar-refractivity contribution in [3.05, 3.63) is 47.9 Å². The molecule has 1 saturated heterocycles. The highest BCUT2D eigenvalue weighted by atomic mass is 16.3. The van der Waals surface area contributed by atoms with Gasteiger partial charge in [0.25, 0.3) is 5.91 Å². The molecule has 6 nitrogen and oxygen atoms in total. The second-order valence-electron chi connectivity index (χ2n) is 5.83. The van der Waals surface area contributed by atoms with Crippen LogP contribution in [0.4, 0.5) is 11.4 Å². The number of anilines is 2. The minimum absolute atomic E-state index is 0.0168. The quantitative estimate of drug-likeness (QED) is 0.910. The average molecular weight is 311 g/mol. The van der Waals surface area contributed by atoms with Gasteiger partial charge in [0.05, 0.1) is 24.2 Å². The van der Waals surface area contributed by atoms with E-state index in [1.165, 1.54) is 0 Å². The SMILES string of the molecule is O=C(NCc1ccco1)c1ccc2c(c1)NC(=O)C1CCCN21. The number of carbonyl (C=O) groups excluding carboxylic acids is 2. The van der Waals surface area contributed by atoms with E-state index < -0.39 is 0 Å². The lowest BCUT2D eigenvalue weighted by Crippen LogP contribution is -2.44. The Morgan fingerprint density at radius 3 is 3.13 bits per heavy atom. The molecule has 0 bridgehead atoms. The van der Waals surface area contributed by atoms with Crippen LogP contribution in [0.3, 0.4) is 0 Å². The molecule has 6 heteroatoms. The van der Waals surface area contributed by atoms with Crippen LogP contribution >= 0.6 is 0 Å². The summed E-state index contributed by atoms with van der Waals surface area (Å²) in [6.45, 7) is 1.22. The number of hydrogen-bond acceptors (Lipinski definition) is 4. The highest BCUT2D eigenvalue weighted by molar-refractivity contribution is 6.06. The van der Waals surface area contributed by atoms with Gasteiger partial charge in [0.2, 0.25) is 5.91 Å². The average Bonchev–Trinajstić information content (AvgIpc) is 3.24. The van der Waals surface area contributed by atoms with Crippen LogP contribution in [0.2, 0.25) is 0 Å². The van der Waals surface area contributed by atoms with E-state index in [2.05, 4.69) is 15.5 Å². The fourth-order valence-electron chi connectivity index (χ4n) is 3.25. The van der Waals surface area contributed by atoms with Crippen molar-refractivity contribution in [2.24, 2.45) is 0 Å². The summed E-state index contributed by atoms with van der Waals surface area (Å²) in [5.74, 6) is 0.523. The molecule has 1 unspecified atom stereocenters. The zero-order chi connectivity index (χ0) is 15.8. The zero-order valence-electron chi connectivity index (χ0n) is 12.5. The van der Waals surface area contributed by atoms with Crippen LogP contribution < -0.4 is 15.5 Å². The molecule has 0 saturated carbocycles. The molecule has 2 aromatic rings. The number of benzene rings is 1. The highest BCUT2D eigenvalue weighted by Gasteiger charge is 2.36. The lowest BCUT2D eigenvalue weighted by Gasteiger charge is -2.33. The van der Waals surface area contributed by atoms with Gasteiger partial charge in [-0.15, -0.1) is 0 Å². The largest absolute Gasteiger partial charge is 0.467 e. The summed E-state index contributed by atoms with van der Waals surface area (Å²) in [6, 6.07) is 8.96. The minimum Gasteiger partial charge on any atom is -0.467 e. The number of nitrogens with one attached hydrogen (secondary N) is 2. The fourth-order valence-corrected chi connectivity index (χ4v) is 3.25. The van der Waals surface area contributed by atoms with Crippen molar-refractivity contribution in [1.29, 1.82) is 0 Å². The summed E-state index contributed by atoms with van der Waals surface area (Å²) >= 11 is 0. The van der Waals surface area contributed by atoms with E-state index in [1.807, 2.05) is 6.07 Å². The van der Waals surface area contributed by atoms with Gasteiger partial charge in [-0.3, -0.25) is 9.59 Å². The predicted octanol–water partition coefficient (Wildman–Crippen LogP) is 2.13. The molecular formula is C17H17N3O3. The predicted molar refractivity (Wildman–Crippen MR) is 85.3 cm³/mol. The molecule has 4 rings (SSSR count). The van der Waals surface area contributed by atoms with E-state index in [4.69, 9.17) is 4.42 Å². The van der Waals surface area contributed by atoms with Crippen molar-refractivity contribution in [2.45, 2.75) is 25.4 Å². The van der Waals surface area contributed by atoms with Crippen LogP contribution in [0.25, 0.3) is 0 Å². The van der Waals surface area contributed by atoms with Gasteiger partial charge in [0.15, 0.2) is 0 Å².